The van der Waals surface area contributed by atoms with Gasteiger partial charge in [-0.2, -0.15) is 5.10 Å². The van der Waals surface area contributed by atoms with E-state index in [-0.39, 0.29) is 30.8 Å². The second-order valence-corrected chi connectivity index (χ2v) is 6.16. The number of hydrogen-bond acceptors (Lipinski definition) is 5. The molecule has 0 radical (unpaired) electrons. The first kappa shape index (κ1) is 18.2. The first-order chi connectivity index (χ1) is 12.1. The lowest BCUT2D eigenvalue weighted by Crippen LogP contribution is -2.49. The van der Waals surface area contributed by atoms with E-state index in [1.54, 1.807) is 13.1 Å². The molecule has 1 aromatic carbocycles. The average Bonchev–Trinajstić information content (AvgIpc) is 3.03. The third-order valence-electron chi connectivity index (χ3n) is 4.59. The number of likely N-dealkylation sites (N-methyl/N-ethyl adjacent to an activating group) is 1. The van der Waals surface area contributed by atoms with Crippen LogP contribution in [0.4, 0.5) is 5.69 Å². The summed E-state index contributed by atoms with van der Waals surface area (Å²) in [7, 11) is 1.68. The van der Waals surface area contributed by atoms with Crippen LogP contribution in [0.3, 0.4) is 0 Å². The fourth-order valence-corrected chi connectivity index (χ4v) is 3.20. The normalized spacial score (nSPS) is 18.7. The minimum absolute atomic E-state index is 0. The molecule has 1 atom stereocenters. The maximum atomic E-state index is 12.7. The Hall–Kier alpha value is -2.58. The van der Waals surface area contributed by atoms with Gasteiger partial charge in [-0.05, 0) is 12.1 Å². The largest absolute Gasteiger partial charge is 0.489 e. The molecule has 4 rings (SSSR count). The van der Waals surface area contributed by atoms with Crippen molar-refractivity contribution in [2.75, 3.05) is 25.1 Å². The number of H-pyrrole nitrogens is 1. The van der Waals surface area contributed by atoms with Gasteiger partial charge in [0.1, 0.15) is 18.4 Å². The SMILES string of the molecule is CN1C(=O)[C@@H](NC(=O)c2n[nH]c3c2CNCC3)COc2ccccc21.Cl. The van der Waals surface area contributed by atoms with Crippen molar-refractivity contribution in [2.45, 2.75) is 19.0 Å². The molecule has 0 spiro atoms. The van der Waals surface area contributed by atoms with Gasteiger partial charge < -0.3 is 20.3 Å². The van der Waals surface area contributed by atoms with E-state index in [9.17, 15) is 9.59 Å². The van der Waals surface area contributed by atoms with E-state index in [1.165, 1.54) is 4.90 Å². The van der Waals surface area contributed by atoms with Crippen molar-refractivity contribution in [1.82, 2.24) is 20.8 Å². The van der Waals surface area contributed by atoms with E-state index in [1.807, 2.05) is 18.2 Å². The molecule has 1 aromatic heterocycles. The van der Waals surface area contributed by atoms with Gasteiger partial charge >= 0.3 is 0 Å². The van der Waals surface area contributed by atoms with Crippen LogP contribution in [0.2, 0.25) is 0 Å². The molecule has 9 heteroatoms. The summed E-state index contributed by atoms with van der Waals surface area (Å²) in [4.78, 5) is 26.8. The lowest BCUT2D eigenvalue weighted by Gasteiger charge is -2.20. The Morgan fingerprint density at radius 3 is 3.04 bits per heavy atom. The number of rotatable bonds is 2. The highest BCUT2D eigenvalue weighted by atomic mass is 35.5. The number of aromatic nitrogens is 2. The van der Waals surface area contributed by atoms with Gasteiger partial charge in [0.15, 0.2) is 5.69 Å². The summed E-state index contributed by atoms with van der Waals surface area (Å²) in [6.07, 6.45) is 0.805. The van der Waals surface area contributed by atoms with Gasteiger partial charge in [0.05, 0.1) is 5.69 Å². The zero-order valence-electron chi connectivity index (χ0n) is 14.2. The van der Waals surface area contributed by atoms with Gasteiger partial charge in [-0.25, -0.2) is 0 Å². The van der Waals surface area contributed by atoms with Crippen molar-refractivity contribution in [3.8, 4) is 5.75 Å². The molecule has 8 nitrogen and oxygen atoms in total. The summed E-state index contributed by atoms with van der Waals surface area (Å²) in [5.74, 6) is 0.0276. The third-order valence-corrected chi connectivity index (χ3v) is 4.59. The Kier molecular flexibility index (Phi) is 5.15. The number of para-hydroxylation sites is 2. The van der Waals surface area contributed by atoms with Gasteiger partial charge in [0.25, 0.3) is 11.8 Å². The first-order valence-electron chi connectivity index (χ1n) is 8.22. The molecule has 2 aliphatic rings. The van der Waals surface area contributed by atoms with Crippen molar-refractivity contribution in [2.24, 2.45) is 0 Å². The number of fused-ring (bicyclic) bond motifs is 2. The number of nitrogens with zero attached hydrogens (tertiary/aromatic N) is 2. The molecule has 26 heavy (non-hydrogen) atoms. The van der Waals surface area contributed by atoms with Crippen LogP contribution in [0.5, 0.6) is 5.75 Å². The van der Waals surface area contributed by atoms with Gasteiger partial charge in [0.2, 0.25) is 0 Å². The lowest BCUT2D eigenvalue weighted by atomic mass is 10.1. The number of amides is 2. The van der Waals surface area contributed by atoms with Crippen molar-refractivity contribution in [3.63, 3.8) is 0 Å². The van der Waals surface area contributed by atoms with E-state index < -0.39 is 6.04 Å². The van der Waals surface area contributed by atoms with Crippen LogP contribution < -0.4 is 20.3 Å². The van der Waals surface area contributed by atoms with Crippen molar-refractivity contribution < 1.29 is 14.3 Å². The number of carbonyl (C=O) groups excluding carboxylic acids is 2. The number of halogens is 1. The van der Waals surface area contributed by atoms with Crippen LogP contribution in [0.1, 0.15) is 21.7 Å². The van der Waals surface area contributed by atoms with Gasteiger partial charge in [0, 0.05) is 37.8 Å². The molecule has 2 aliphatic heterocycles. The van der Waals surface area contributed by atoms with Crippen LogP contribution in [-0.4, -0.2) is 48.3 Å². The van der Waals surface area contributed by atoms with Crippen LogP contribution >= 0.6 is 12.4 Å². The minimum Gasteiger partial charge on any atom is -0.489 e. The number of hydrogen-bond donors (Lipinski definition) is 3. The highest BCUT2D eigenvalue weighted by molar-refractivity contribution is 6.03. The topological polar surface area (TPSA) is 99.4 Å². The van der Waals surface area contributed by atoms with E-state index in [4.69, 9.17) is 4.74 Å². The predicted molar refractivity (Wildman–Crippen MR) is 97.8 cm³/mol. The fraction of sp³-hybridized carbons (Fsp3) is 0.353. The van der Waals surface area contributed by atoms with Crippen molar-refractivity contribution >= 4 is 29.9 Å². The third kappa shape index (κ3) is 3.13. The summed E-state index contributed by atoms with van der Waals surface area (Å²) in [6.45, 7) is 1.53. The fourth-order valence-electron chi connectivity index (χ4n) is 3.20. The highest BCUT2D eigenvalue weighted by Crippen LogP contribution is 2.29. The number of anilines is 1. The van der Waals surface area contributed by atoms with Crippen LogP contribution in [-0.2, 0) is 17.8 Å². The molecule has 2 amide bonds. The Morgan fingerprint density at radius 2 is 2.19 bits per heavy atom. The first-order valence-corrected chi connectivity index (χ1v) is 8.22. The van der Waals surface area contributed by atoms with Gasteiger partial charge in [-0.1, -0.05) is 12.1 Å². The van der Waals surface area contributed by atoms with E-state index in [0.29, 0.717) is 23.7 Å². The maximum Gasteiger partial charge on any atom is 0.272 e. The molecule has 0 fully saturated rings. The van der Waals surface area contributed by atoms with Crippen LogP contribution in [0.15, 0.2) is 24.3 Å². The Labute approximate surface area is 156 Å². The molecule has 0 saturated heterocycles. The second kappa shape index (κ2) is 7.35. The standard InChI is InChI=1S/C17H19N5O3.ClH/c1-22-13-4-2-3-5-14(13)25-9-12(17(22)24)19-16(23)15-10-8-18-7-6-11(10)20-21-15;/h2-5,12,18H,6-9H2,1H3,(H,19,23)(H,20,21);1H/t12-;/m0./s1. The molecule has 3 N–H and O–H groups in total. The van der Waals surface area contributed by atoms with E-state index in [0.717, 1.165) is 24.2 Å². The Morgan fingerprint density at radius 1 is 1.38 bits per heavy atom. The van der Waals surface area contributed by atoms with Gasteiger partial charge in [-0.15, -0.1) is 12.4 Å². The quantitative estimate of drug-likeness (QED) is 0.713. The van der Waals surface area contributed by atoms with Crippen LogP contribution in [0.25, 0.3) is 0 Å². The number of carbonyl (C=O) groups is 2. The summed E-state index contributed by atoms with van der Waals surface area (Å²) < 4.78 is 5.71. The number of benzene rings is 1. The molecule has 138 valence electrons. The predicted octanol–water partition coefficient (Wildman–Crippen LogP) is 0.631. The average molecular weight is 378 g/mol. The number of ether oxygens (including phenoxy) is 1. The minimum atomic E-state index is -0.770. The Balaban J connectivity index is 0.00000196. The summed E-state index contributed by atoms with van der Waals surface area (Å²) in [5, 5.41) is 13.0. The number of aromatic amines is 1. The lowest BCUT2D eigenvalue weighted by molar-refractivity contribution is -0.120. The molecule has 0 bridgehead atoms. The molecule has 0 saturated carbocycles. The molecular weight excluding hydrogens is 358 g/mol. The number of nitrogens with one attached hydrogen (secondary N) is 3. The molecular formula is C17H20ClN5O3. The zero-order valence-corrected chi connectivity index (χ0v) is 15.1. The van der Waals surface area contributed by atoms with Crippen LogP contribution in [0, 0.1) is 0 Å². The monoisotopic (exact) mass is 377 g/mol. The molecule has 0 aliphatic carbocycles. The zero-order chi connectivity index (χ0) is 17.4. The summed E-state index contributed by atoms with van der Waals surface area (Å²) in [6, 6.07) is 6.54. The highest BCUT2D eigenvalue weighted by Gasteiger charge is 2.32. The summed E-state index contributed by atoms with van der Waals surface area (Å²) in [5.41, 5.74) is 2.85. The van der Waals surface area contributed by atoms with E-state index in [2.05, 4.69) is 20.8 Å². The summed E-state index contributed by atoms with van der Waals surface area (Å²) >= 11 is 0. The molecule has 0 unspecified atom stereocenters. The second-order valence-electron chi connectivity index (χ2n) is 6.16. The van der Waals surface area contributed by atoms with E-state index >= 15 is 0 Å². The Bertz CT molecular complexity index is 838. The van der Waals surface area contributed by atoms with Crippen molar-refractivity contribution in [3.05, 3.63) is 41.2 Å². The maximum absolute atomic E-state index is 12.7. The molecule has 3 heterocycles. The smallest absolute Gasteiger partial charge is 0.272 e. The van der Waals surface area contributed by atoms with Crippen molar-refractivity contribution in [1.29, 1.82) is 0 Å². The molecule has 2 aromatic rings. The van der Waals surface area contributed by atoms with Gasteiger partial charge in [-0.3, -0.25) is 14.7 Å².